The summed E-state index contributed by atoms with van der Waals surface area (Å²) in [4.78, 5) is 0. The fourth-order valence-electron chi connectivity index (χ4n) is 1.80. The number of benzene rings is 1. The van der Waals surface area contributed by atoms with Crippen LogP contribution in [-0.4, -0.2) is 20.7 Å². The van der Waals surface area contributed by atoms with E-state index in [1.165, 1.54) is 6.07 Å². The van der Waals surface area contributed by atoms with Gasteiger partial charge in [-0.2, -0.15) is 13.2 Å². The summed E-state index contributed by atoms with van der Waals surface area (Å²) in [6, 6.07) is 2.95. The first kappa shape index (κ1) is 18.6. The van der Waals surface area contributed by atoms with Crippen LogP contribution in [0.4, 0.5) is 13.2 Å². The SMILES string of the molecule is C[C@H](c1cc(Cl)cc(C(F)(F)F)c1)N(C)[S+]([O-])C(C)(C)C. The maximum atomic E-state index is 12.8. The minimum absolute atomic E-state index is 0.0154. The monoisotopic (exact) mass is 341 g/mol. The molecule has 1 aromatic rings. The molecule has 0 aliphatic carbocycles. The molecule has 0 amide bonds. The summed E-state index contributed by atoms with van der Waals surface area (Å²) in [6.45, 7) is 7.14. The Morgan fingerprint density at radius 2 is 1.71 bits per heavy atom. The second-order valence-corrected chi connectivity index (χ2v) is 8.59. The van der Waals surface area contributed by atoms with Gasteiger partial charge in [0.05, 0.1) is 11.6 Å². The first-order chi connectivity index (χ1) is 9.34. The predicted molar refractivity (Wildman–Crippen MR) is 80.5 cm³/mol. The molecule has 0 aromatic heterocycles. The van der Waals surface area contributed by atoms with Crippen LogP contribution in [0, 0.1) is 0 Å². The first-order valence-electron chi connectivity index (χ1n) is 6.36. The van der Waals surface area contributed by atoms with Crippen molar-refractivity contribution in [2.45, 2.75) is 44.7 Å². The van der Waals surface area contributed by atoms with Crippen molar-refractivity contribution in [1.29, 1.82) is 0 Å². The third-order valence-corrected chi connectivity index (χ3v) is 5.17. The first-order valence-corrected chi connectivity index (χ1v) is 7.85. The van der Waals surface area contributed by atoms with E-state index >= 15 is 0 Å². The average molecular weight is 342 g/mol. The highest BCUT2D eigenvalue weighted by Gasteiger charge is 2.36. The Bertz CT molecular complexity index is 502. The summed E-state index contributed by atoms with van der Waals surface area (Å²) in [5.74, 6) is 0. The standard InChI is InChI=1S/C14H19ClF3NOS/c1-9(19(5)21(20)13(2,3)4)10-6-11(14(16,17)18)8-12(15)7-10/h6-9H,1-5H3/t9-,21?/m1/s1. The lowest BCUT2D eigenvalue weighted by molar-refractivity contribution is -0.137. The number of hydrogen-bond donors (Lipinski definition) is 0. The lowest BCUT2D eigenvalue weighted by atomic mass is 10.1. The third-order valence-electron chi connectivity index (χ3n) is 3.06. The predicted octanol–water partition coefficient (Wildman–Crippen LogP) is 4.81. The zero-order chi connectivity index (χ0) is 16.6. The van der Waals surface area contributed by atoms with Gasteiger partial charge in [0.15, 0.2) is 0 Å². The second-order valence-electron chi connectivity index (χ2n) is 5.85. The Hall–Kier alpha value is -0.430. The van der Waals surface area contributed by atoms with Gasteiger partial charge in [-0.15, -0.1) is 4.31 Å². The maximum absolute atomic E-state index is 12.8. The van der Waals surface area contributed by atoms with Gasteiger partial charge in [0.1, 0.15) is 4.75 Å². The van der Waals surface area contributed by atoms with E-state index < -0.39 is 33.9 Å². The maximum Gasteiger partial charge on any atom is 0.416 e. The van der Waals surface area contributed by atoms with E-state index in [0.29, 0.717) is 5.56 Å². The molecule has 1 unspecified atom stereocenters. The molecular weight excluding hydrogens is 323 g/mol. The summed E-state index contributed by atoms with van der Waals surface area (Å²) in [5.41, 5.74) is -0.415. The molecule has 0 radical (unpaired) electrons. The van der Waals surface area contributed by atoms with Crippen LogP contribution in [0.1, 0.15) is 44.9 Å². The summed E-state index contributed by atoms with van der Waals surface area (Å²) in [5, 5.41) is 0.0154. The van der Waals surface area contributed by atoms with Crippen molar-refractivity contribution in [2.75, 3.05) is 7.05 Å². The zero-order valence-corrected chi connectivity index (χ0v) is 14.2. The van der Waals surface area contributed by atoms with Gasteiger partial charge in [-0.3, -0.25) is 0 Å². The Morgan fingerprint density at radius 3 is 2.14 bits per heavy atom. The van der Waals surface area contributed by atoms with E-state index in [0.717, 1.165) is 12.1 Å². The van der Waals surface area contributed by atoms with Crippen LogP contribution in [0.15, 0.2) is 18.2 Å². The molecule has 0 fully saturated rings. The average Bonchev–Trinajstić information content (AvgIpc) is 2.33. The number of halogens is 4. The van der Waals surface area contributed by atoms with Crippen LogP contribution < -0.4 is 0 Å². The van der Waals surface area contributed by atoms with E-state index in [1.807, 2.05) is 20.8 Å². The Labute approximate surface area is 131 Å². The third kappa shape index (κ3) is 4.77. The van der Waals surface area contributed by atoms with Crippen molar-refractivity contribution < 1.29 is 17.7 Å². The highest BCUT2D eigenvalue weighted by atomic mass is 35.5. The summed E-state index contributed by atoms with van der Waals surface area (Å²) in [6.07, 6.45) is -4.46. The van der Waals surface area contributed by atoms with Crippen molar-refractivity contribution in [3.63, 3.8) is 0 Å². The molecule has 120 valence electrons. The van der Waals surface area contributed by atoms with Gasteiger partial charge in [-0.25, -0.2) is 0 Å². The quantitative estimate of drug-likeness (QED) is 0.737. The molecule has 0 saturated heterocycles. The van der Waals surface area contributed by atoms with E-state index in [4.69, 9.17) is 11.6 Å². The second kappa shape index (κ2) is 6.36. The Kier molecular flexibility index (Phi) is 5.64. The molecule has 0 N–H and O–H groups in total. The van der Waals surface area contributed by atoms with Crippen LogP contribution in [0.2, 0.25) is 5.02 Å². The Balaban J connectivity index is 3.13. The summed E-state index contributed by atoms with van der Waals surface area (Å²) >= 11 is 4.44. The molecule has 2 nitrogen and oxygen atoms in total. The topological polar surface area (TPSA) is 26.3 Å². The Morgan fingerprint density at radius 1 is 1.19 bits per heavy atom. The number of hydrogen-bond acceptors (Lipinski definition) is 2. The van der Waals surface area contributed by atoms with Crippen LogP contribution in [0.25, 0.3) is 0 Å². The molecule has 1 rings (SSSR count). The normalized spacial score (nSPS) is 16.1. The molecule has 7 heteroatoms. The summed E-state index contributed by atoms with van der Waals surface area (Å²) < 4.78 is 51.9. The molecule has 21 heavy (non-hydrogen) atoms. The van der Waals surface area contributed by atoms with E-state index in [9.17, 15) is 17.7 Å². The highest BCUT2D eigenvalue weighted by molar-refractivity contribution is 7.90. The van der Waals surface area contributed by atoms with Gasteiger partial charge >= 0.3 is 6.18 Å². The molecular formula is C14H19ClF3NOS. The lowest BCUT2D eigenvalue weighted by Crippen LogP contribution is -2.41. The van der Waals surface area contributed by atoms with E-state index in [1.54, 1.807) is 18.3 Å². The highest BCUT2D eigenvalue weighted by Crippen LogP contribution is 2.35. The van der Waals surface area contributed by atoms with Crippen molar-refractivity contribution in [1.82, 2.24) is 4.31 Å². The smallest absolute Gasteiger partial charge is 0.416 e. The van der Waals surface area contributed by atoms with Gasteiger partial charge in [0, 0.05) is 23.4 Å². The molecule has 0 aliphatic rings. The zero-order valence-electron chi connectivity index (χ0n) is 12.6. The van der Waals surface area contributed by atoms with Crippen molar-refractivity contribution in [3.05, 3.63) is 34.3 Å². The van der Waals surface area contributed by atoms with Crippen LogP contribution in [0.3, 0.4) is 0 Å². The number of rotatable bonds is 3. The van der Waals surface area contributed by atoms with Gasteiger partial charge in [-0.05, 0) is 51.5 Å². The van der Waals surface area contributed by atoms with E-state index in [-0.39, 0.29) is 5.02 Å². The van der Waals surface area contributed by atoms with Crippen molar-refractivity contribution >= 4 is 23.0 Å². The van der Waals surface area contributed by atoms with Crippen molar-refractivity contribution in [3.8, 4) is 0 Å². The van der Waals surface area contributed by atoms with Crippen LogP contribution in [-0.2, 0) is 17.5 Å². The number of alkyl halides is 3. The molecule has 0 saturated carbocycles. The lowest BCUT2D eigenvalue weighted by Gasteiger charge is -2.33. The fourth-order valence-corrected chi connectivity index (χ4v) is 3.32. The molecule has 2 atom stereocenters. The fraction of sp³-hybridized carbons (Fsp3) is 0.571. The molecule has 1 aromatic carbocycles. The van der Waals surface area contributed by atoms with Gasteiger partial charge < -0.3 is 4.55 Å². The minimum Gasteiger partial charge on any atom is -0.597 e. The van der Waals surface area contributed by atoms with Gasteiger partial charge in [0.2, 0.25) is 0 Å². The van der Waals surface area contributed by atoms with Gasteiger partial charge in [-0.1, -0.05) is 11.6 Å². The summed E-state index contributed by atoms with van der Waals surface area (Å²) in [7, 11) is 1.63. The largest absolute Gasteiger partial charge is 0.597 e. The molecule has 0 spiro atoms. The molecule has 0 heterocycles. The molecule has 0 aliphatic heterocycles. The van der Waals surface area contributed by atoms with Crippen LogP contribution in [0.5, 0.6) is 0 Å². The van der Waals surface area contributed by atoms with Crippen LogP contribution >= 0.6 is 11.6 Å². The van der Waals surface area contributed by atoms with Crippen molar-refractivity contribution in [2.24, 2.45) is 0 Å². The number of nitrogens with zero attached hydrogens (tertiary/aromatic N) is 1. The van der Waals surface area contributed by atoms with E-state index in [2.05, 4.69) is 0 Å². The minimum atomic E-state index is -4.46. The molecule has 0 bridgehead atoms. The van der Waals surface area contributed by atoms with Gasteiger partial charge in [0.25, 0.3) is 0 Å².